The SMILES string of the molecule is N.O=C(O)C=CC(=O)Oc1ccc([N+](=O)[O-])cc1. The first-order valence-electron chi connectivity index (χ1n) is 4.36. The van der Waals surface area contributed by atoms with E-state index in [9.17, 15) is 19.7 Å². The molecule has 0 aliphatic rings. The van der Waals surface area contributed by atoms with Crippen LogP contribution < -0.4 is 10.9 Å². The fourth-order valence-corrected chi connectivity index (χ4v) is 0.925. The lowest BCUT2D eigenvalue weighted by molar-refractivity contribution is -0.384. The van der Waals surface area contributed by atoms with Crippen LogP contribution in [-0.2, 0) is 9.59 Å². The standard InChI is InChI=1S/C10H7NO6.H3N/c12-9(13)5-6-10(14)17-8-3-1-7(2-4-8)11(15)16;/h1-6H,(H,12,13);1H3. The molecule has 1 aromatic rings. The van der Waals surface area contributed by atoms with Crippen molar-refractivity contribution < 1.29 is 24.4 Å². The molecule has 0 fully saturated rings. The first kappa shape index (κ1) is 15.3. The lowest BCUT2D eigenvalue weighted by atomic mass is 10.3. The molecule has 8 nitrogen and oxygen atoms in total. The summed E-state index contributed by atoms with van der Waals surface area (Å²) < 4.78 is 4.69. The zero-order chi connectivity index (χ0) is 12.8. The zero-order valence-electron chi connectivity index (χ0n) is 9.11. The third-order valence-corrected chi connectivity index (χ3v) is 1.63. The number of rotatable bonds is 4. The van der Waals surface area contributed by atoms with Gasteiger partial charge in [0, 0.05) is 24.3 Å². The summed E-state index contributed by atoms with van der Waals surface area (Å²) in [6.45, 7) is 0. The van der Waals surface area contributed by atoms with Gasteiger partial charge in [-0.2, -0.15) is 0 Å². The molecule has 0 aliphatic carbocycles. The number of hydrogen-bond donors (Lipinski definition) is 2. The van der Waals surface area contributed by atoms with Crippen molar-refractivity contribution in [3.8, 4) is 5.75 Å². The van der Waals surface area contributed by atoms with Crippen LogP contribution >= 0.6 is 0 Å². The zero-order valence-corrected chi connectivity index (χ0v) is 9.11. The highest BCUT2D eigenvalue weighted by molar-refractivity contribution is 5.91. The van der Waals surface area contributed by atoms with E-state index in [1.54, 1.807) is 0 Å². The van der Waals surface area contributed by atoms with Gasteiger partial charge in [-0.15, -0.1) is 0 Å². The molecule has 0 aromatic heterocycles. The first-order chi connectivity index (χ1) is 7.99. The van der Waals surface area contributed by atoms with Crippen molar-refractivity contribution in [2.24, 2.45) is 0 Å². The van der Waals surface area contributed by atoms with Crippen LogP contribution in [0.4, 0.5) is 5.69 Å². The summed E-state index contributed by atoms with van der Waals surface area (Å²) >= 11 is 0. The van der Waals surface area contributed by atoms with E-state index in [1.165, 1.54) is 24.3 Å². The number of esters is 1. The minimum Gasteiger partial charge on any atom is -0.478 e. The number of carboxylic acids is 1. The molecule has 1 aromatic carbocycles. The summed E-state index contributed by atoms with van der Waals surface area (Å²) in [7, 11) is 0. The molecule has 0 saturated carbocycles. The molecular formula is C10H10N2O6. The molecule has 0 aliphatic heterocycles. The quantitative estimate of drug-likeness (QED) is 0.271. The van der Waals surface area contributed by atoms with Crippen molar-refractivity contribution in [3.63, 3.8) is 0 Å². The molecular weight excluding hydrogens is 244 g/mol. The lowest BCUT2D eigenvalue weighted by Crippen LogP contribution is -2.04. The summed E-state index contributed by atoms with van der Waals surface area (Å²) in [6.07, 6.45) is 1.37. The van der Waals surface area contributed by atoms with Gasteiger partial charge in [0.05, 0.1) is 4.92 Å². The summed E-state index contributed by atoms with van der Waals surface area (Å²) in [5.41, 5.74) is -0.133. The predicted molar refractivity (Wildman–Crippen MR) is 60.5 cm³/mol. The van der Waals surface area contributed by atoms with Gasteiger partial charge < -0.3 is 16.0 Å². The maximum absolute atomic E-state index is 11.0. The Morgan fingerprint density at radius 1 is 1.22 bits per heavy atom. The maximum atomic E-state index is 11.0. The Labute approximate surface area is 101 Å². The molecule has 96 valence electrons. The van der Waals surface area contributed by atoms with Crippen LogP contribution in [0.1, 0.15) is 0 Å². The Hall–Kier alpha value is -2.74. The highest BCUT2D eigenvalue weighted by Gasteiger charge is 2.06. The Balaban J connectivity index is 0.00000289. The van der Waals surface area contributed by atoms with Gasteiger partial charge in [0.15, 0.2) is 0 Å². The van der Waals surface area contributed by atoms with E-state index in [-0.39, 0.29) is 17.6 Å². The highest BCUT2D eigenvalue weighted by Crippen LogP contribution is 2.17. The number of benzene rings is 1. The second-order valence-corrected chi connectivity index (χ2v) is 2.84. The average molecular weight is 254 g/mol. The topological polar surface area (TPSA) is 142 Å². The van der Waals surface area contributed by atoms with Gasteiger partial charge in [0.2, 0.25) is 0 Å². The van der Waals surface area contributed by atoms with Gasteiger partial charge in [0.25, 0.3) is 5.69 Å². The molecule has 4 N–H and O–H groups in total. The van der Waals surface area contributed by atoms with Crippen LogP contribution in [0.15, 0.2) is 36.4 Å². The van der Waals surface area contributed by atoms with Gasteiger partial charge in [-0.1, -0.05) is 0 Å². The smallest absolute Gasteiger partial charge is 0.336 e. The van der Waals surface area contributed by atoms with Crippen molar-refractivity contribution in [2.45, 2.75) is 0 Å². The Morgan fingerprint density at radius 2 is 1.78 bits per heavy atom. The Kier molecular flexibility index (Phi) is 5.73. The van der Waals surface area contributed by atoms with Crippen molar-refractivity contribution in [3.05, 3.63) is 46.5 Å². The third-order valence-electron chi connectivity index (χ3n) is 1.63. The van der Waals surface area contributed by atoms with Crippen LogP contribution in [0.5, 0.6) is 5.75 Å². The molecule has 18 heavy (non-hydrogen) atoms. The van der Waals surface area contributed by atoms with E-state index in [0.717, 1.165) is 6.08 Å². The average Bonchev–Trinajstić information content (AvgIpc) is 2.27. The van der Waals surface area contributed by atoms with E-state index >= 15 is 0 Å². The van der Waals surface area contributed by atoms with Gasteiger partial charge in [-0.05, 0) is 12.1 Å². The van der Waals surface area contributed by atoms with E-state index in [0.29, 0.717) is 6.08 Å². The number of nitro groups is 1. The van der Waals surface area contributed by atoms with Gasteiger partial charge in [-0.3, -0.25) is 10.1 Å². The molecule has 8 heteroatoms. The van der Waals surface area contributed by atoms with Crippen molar-refractivity contribution in [1.29, 1.82) is 0 Å². The fraction of sp³-hybridized carbons (Fsp3) is 0. The first-order valence-corrected chi connectivity index (χ1v) is 4.36. The monoisotopic (exact) mass is 254 g/mol. The third kappa shape index (κ3) is 4.86. The molecule has 0 heterocycles. The van der Waals surface area contributed by atoms with E-state index < -0.39 is 16.9 Å². The minimum atomic E-state index is -1.27. The molecule has 0 radical (unpaired) electrons. The Bertz CT molecular complexity index is 480. The molecule has 0 bridgehead atoms. The van der Waals surface area contributed by atoms with Gasteiger partial charge in [0.1, 0.15) is 5.75 Å². The number of nitrogens with zero attached hydrogens (tertiary/aromatic N) is 1. The van der Waals surface area contributed by atoms with Crippen LogP contribution in [0.2, 0.25) is 0 Å². The molecule has 0 spiro atoms. The lowest BCUT2D eigenvalue weighted by Gasteiger charge is -1.99. The van der Waals surface area contributed by atoms with Gasteiger partial charge in [-0.25, -0.2) is 9.59 Å². The van der Waals surface area contributed by atoms with Crippen molar-refractivity contribution in [1.82, 2.24) is 6.15 Å². The van der Waals surface area contributed by atoms with Crippen LogP contribution in [0.3, 0.4) is 0 Å². The van der Waals surface area contributed by atoms with Crippen LogP contribution in [0, 0.1) is 10.1 Å². The number of hydrogen-bond acceptors (Lipinski definition) is 6. The summed E-state index contributed by atoms with van der Waals surface area (Å²) in [5.74, 6) is -2.05. The highest BCUT2D eigenvalue weighted by atomic mass is 16.6. The van der Waals surface area contributed by atoms with Crippen LogP contribution in [0.25, 0.3) is 0 Å². The van der Waals surface area contributed by atoms with Crippen molar-refractivity contribution in [2.75, 3.05) is 0 Å². The molecule has 0 saturated heterocycles. The number of non-ortho nitro benzene ring substituents is 1. The fourth-order valence-electron chi connectivity index (χ4n) is 0.925. The number of carboxylic acid groups (broad SMARTS) is 1. The van der Waals surface area contributed by atoms with E-state index in [2.05, 4.69) is 4.74 Å². The van der Waals surface area contributed by atoms with Crippen molar-refractivity contribution >= 4 is 17.6 Å². The van der Waals surface area contributed by atoms with E-state index in [4.69, 9.17) is 5.11 Å². The largest absolute Gasteiger partial charge is 0.478 e. The number of carbonyl (C=O) groups excluding carboxylic acids is 1. The second kappa shape index (κ2) is 6.76. The second-order valence-electron chi connectivity index (χ2n) is 2.84. The van der Waals surface area contributed by atoms with E-state index in [1.807, 2.05) is 0 Å². The number of ether oxygens (including phenoxy) is 1. The summed E-state index contributed by atoms with van der Waals surface area (Å²) in [6, 6.07) is 4.82. The normalized spacial score (nSPS) is 9.56. The number of aliphatic carboxylic acids is 1. The molecule has 1 rings (SSSR count). The summed E-state index contributed by atoms with van der Waals surface area (Å²) in [5, 5.41) is 18.6. The summed E-state index contributed by atoms with van der Waals surface area (Å²) in [4.78, 5) is 30.9. The minimum absolute atomic E-state index is 0. The maximum Gasteiger partial charge on any atom is 0.336 e. The predicted octanol–water partition coefficient (Wildman–Crippen LogP) is 1.30. The number of carbonyl (C=O) groups is 2. The number of nitro benzene ring substituents is 1. The van der Waals surface area contributed by atoms with Crippen LogP contribution in [-0.4, -0.2) is 22.0 Å². The molecule has 0 unspecified atom stereocenters. The molecule has 0 amide bonds. The Morgan fingerprint density at radius 3 is 2.22 bits per heavy atom. The molecule has 0 atom stereocenters. The van der Waals surface area contributed by atoms with Gasteiger partial charge >= 0.3 is 11.9 Å².